The van der Waals surface area contributed by atoms with E-state index in [0.29, 0.717) is 6.42 Å². The third kappa shape index (κ3) is 1.03. The number of nitrogens with two attached hydrogens (primary N) is 1. The summed E-state index contributed by atoms with van der Waals surface area (Å²) in [7, 11) is 0. The third-order valence-electron chi connectivity index (χ3n) is 2.16. The molecule has 1 aromatic carbocycles. The number of hydrogen-bond donors (Lipinski definition) is 1. The van der Waals surface area contributed by atoms with Gasteiger partial charge in [-0.1, -0.05) is 12.1 Å². The lowest BCUT2D eigenvalue weighted by atomic mass is 10.1. The normalized spacial score (nSPS) is 21.8. The number of fused-ring (bicyclic) bond motifs is 1. The number of halogens is 1. The zero-order valence-electron chi connectivity index (χ0n) is 6.18. The first-order chi connectivity index (χ1) is 5.27. The van der Waals surface area contributed by atoms with Crippen LogP contribution in [0.25, 0.3) is 0 Å². The van der Waals surface area contributed by atoms with Crippen LogP contribution in [0.2, 0.25) is 0 Å². The van der Waals surface area contributed by atoms with Gasteiger partial charge in [-0.3, -0.25) is 0 Å². The first-order valence-corrected chi connectivity index (χ1v) is 3.79. The molecular weight excluding hydrogens is 141 g/mol. The van der Waals surface area contributed by atoms with Gasteiger partial charge in [0.05, 0.1) is 0 Å². The Labute approximate surface area is 65.0 Å². The molecule has 0 fully saturated rings. The van der Waals surface area contributed by atoms with E-state index in [0.717, 1.165) is 17.5 Å². The molecule has 2 heteroatoms. The highest BCUT2D eigenvalue weighted by molar-refractivity contribution is 5.34. The van der Waals surface area contributed by atoms with Crippen molar-refractivity contribution in [1.82, 2.24) is 0 Å². The smallest absolute Gasteiger partial charge is 0.126 e. The van der Waals surface area contributed by atoms with E-state index in [-0.39, 0.29) is 11.9 Å². The Kier molecular flexibility index (Phi) is 1.43. The van der Waals surface area contributed by atoms with Gasteiger partial charge in [0.1, 0.15) is 5.82 Å². The SMILES string of the molecule is NC1Cc2cccc(F)c2C1. The van der Waals surface area contributed by atoms with Gasteiger partial charge in [-0.25, -0.2) is 4.39 Å². The van der Waals surface area contributed by atoms with Crippen LogP contribution in [0, 0.1) is 5.82 Å². The Morgan fingerprint density at radius 2 is 2.18 bits per heavy atom. The van der Waals surface area contributed by atoms with E-state index in [4.69, 9.17) is 5.73 Å². The molecule has 0 aromatic heterocycles. The fraction of sp³-hybridized carbons (Fsp3) is 0.333. The van der Waals surface area contributed by atoms with E-state index in [1.54, 1.807) is 6.07 Å². The van der Waals surface area contributed by atoms with Crippen molar-refractivity contribution in [3.8, 4) is 0 Å². The van der Waals surface area contributed by atoms with Crippen molar-refractivity contribution in [2.75, 3.05) is 0 Å². The maximum absolute atomic E-state index is 13.0. The summed E-state index contributed by atoms with van der Waals surface area (Å²) < 4.78 is 13.0. The zero-order valence-corrected chi connectivity index (χ0v) is 6.18. The molecule has 1 aliphatic carbocycles. The van der Waals surface area contributed by atoms with Crippen molar-refractivity contribution in [2.45, 2.75) is 18.9 Å². The van der Waals surface area contributed by atoms with Crippen LogP contribution in [0.15, 0.2) is 18.2 Å². The number of benzene rings is 1. The molecule has 1 unspecified atom stereocenters. The summed E-state index contributed by atoms with van der Waals surface area (Å²) in [6, 6.07) is 5.32. The van der Waals surface area contributed by atoms with E-state index >= 15 is 0 Å². The standard InChI is InChI=1S/C9H10FN/c10-9-3-1-2-6-4-7(11)5-8(6)9/h1-3,7H,4-5,11H2. The first-order valence-electron chi connectivity index (χ1n) is 3.79. The molecule has 0 aliphatic heterocycles. The average molecular weight is 151 g/mol. The van der Waals surface area contributed by atoms with Gasteiger partial charge in [0.25, 0.3) is 0 Å². The van der Waals surface area contributed by atoms with Gasteiger partial charge in [0.2, 0.25) is 0 Å². The molecule has 0 amide bonds. The van der Waals surface area contributed by atoms with E-state index in [1.165, 1.54) is 6.07 Å². The Hall–Kier alpha value is -0.890. The van der Waals surface area contributed by atoms with Crippen molar-refractivity contribution in [3.05, 3.63) is 35.1 Å². The minimum absolute atomic E-state index is 0.101. The maximum Gasteiger partial charge on any atom is 0.126 e. The average Bonchev–Trinajstić information content (AvgIpc) is 2.31. The predicted molar refractivity (Wildman–Crippen MR) is 41.8 cm³/mol. The van der Waals surface area contributed by atoms with Crippen LogP contribution in [0.1, 0.15) is 11.1 Å². The van der Waals surface area contributed by atoms with Crippen molar-refractivity contribution in [1.29, 1.82) is 0 Å². The van der Waals surface area contributed by atoms with Crippen LogP contribution in [0.4, 0.5) is 4.39 Å². The molecule has 1 nitrogen and oxygen atoms in total. The molecule has 2 rings (SSSR count). The highest BCUT2D eigenvalue weighted by Gasteiger charge is 2.20. The van der Waals surface area contributed by atoms with Crippen LogP contribution in [0.3, 0.4) is 0 Å². The summed E-state index contributed by atoms with van der Waals surface area (Å²) in [6.45, 7) is 0. The summed E-state index contributed by atoms with van der Waals surface area (Å²) in [5.41, 5.74) is 7.59. The van der Waals surface area contributed by atoms with Crippen LogP contribution in [0.5, 0.6) is 0 Å². The minimum Gasteiger partial charge on any atom is -0.327 e. The number of hydrogen-bond acceptors (Lipinski definition) is 1. The first kappa shape index (κ1) is 6.80. The van der Waals surface area contributed by atoms with Gasteiger partial charge in [-0.2, -0.15) is 0 Å². The van der Waals surface area contributed by atoms with Crippen LogP contribution < -0.4 is 5.73 Å². The van der Waals surface area contributed by atoms with Crippen molar-refractivity contribution < 1.29 is 4.39 Å². The molecule has 11 heavy (non-hydrogen) atoms. The van der Waals surface area contributed by atoms with Gasteiger partial charge in [0.15, 0.2) is 0 Å². The molecule has 0 bridgehead atoms. The molecule has 2 N–H and O–H groups in total. The predicted octanol–water partition coefficient (Wildman–Crippen LogP) is 1.25. The summed E-state index contributed by atoms with van der Waals surface area (Å²) in [5.74, 6) is -0.101. The molecule has 58 valence electrons. The zero-order chi connectivity index (χ0) is 7.84. The van der Waals surface area contributed by atoms with Crippen LogP contribution in [-0.2, 0) is 12.8 Å². The monoisotopic (exact) mass is 151 g/mol. The molecular formula is C9H10FN. The van der Waals surface area contributed by atoms with E-state index in [2.05, 4.69) is 0 Å². The summed E-state index contributed by atoms with van der Waals surface area (Å²) >= 11 is 0. The van der Waals surface area contributed by atoms with E-state index in [9.17, 15) is 4.39 Å². The Bertz CT molecular complexity index is 283. The van der Waals surface area contributed by atoms with Crippen molar-refractivity contribution in [3.63, 3.8) is 0 Å². The lowest BCUT2D eigenvalue weighted by molar-refractivity contribution is 0.606. The van der Waals surface area contributed by atoms with Gasteiger partial charge in [-0.05, 0) is 30.0 Å². The fourth-order valence-corrected chi connectivity index (χ4v) is 1.64. The molecule has 0 radical (unpaired) electrons. The third-order valence-corrected chi connectivity index (χ3v) is 2.16. The van der Waals surface area contributed by atoms with E-state index in [1.807, 2.05) is 6.07 Å². The molecule has 0 saturated heterocycles. The summed E-state index contributed by atoms with van der Waals surface area (Å²) in [5, 5.41) is 0. The Morgan fingerprint density at radius 1 is 1.36 bits per heavy atom. The largest absolute Gasteiger partial charge is 0.327 e. The van der Waals surface area contributed by atoms with Crippen LogP contribution in [-0.4, -0.2) is 6.04 Å². The quantitative estimate of drug-likeness (QED) is 0.593. The minimum atomic E-state index is -0.101. The molecule has 1 aliphatic rings. The fourth-order valence-electron chi connectivity index (χ4n) is 1.64. The van der Waals surface area contributed by atoms with Crippen molar-refractivity contribution in [2.24, 2.45) is 5.73 Å². The van der Waals surface area contributed by atoms with Gasteiger partial charge >= 0.3 is 0 Å². The molecule has 1 atom stereocenters. The lowest BCUT2D eigenvalue weighted by Crippen LogP contribution is -2.19. The Morgan fingerprint density at radius 3 is 2.91 bits per heavy atom. The second-order valence-corrected chi connectivity index (χ2v) is 3.05. The van der Waals surface area contributed by atoms with Crippen molar-refractivity contribution >= 4 is 0 Å². The van der Waals surface area contributed by atoms with Gasteiger partial charge in [-0.15, -0.1) is 0 Å². The molecule has 0 saturated carbocycles. The topological polar surface area (TPSA) is 26.0 Å². The van der Waals surface area contributed by atoms with E-state index < -0.39 is 0 Å². The highest BCUT2D eigenvalue weighted by Crippen LogP contribution is 2.23. The summed E-state index contributed by atoms with van der Waals surface area (Å²) in [4.78, 5) is 0. The maximum atomic E-state index is 13.0. The molecule has 0 heterocycles. The lowest BCUT2D eigenvalue weighted by Gasteiger charge is -1.97. The highest BCUT2D eigenvalue weighted by atomic mass is 19.1. The van der Waals surface area contributed by atoms with Gasteiger partial charge < -0.3 is 5.73 Å². The molecule has 0 spiro atoms. The second-order valence-electron chi connectivity index (χ2n) is 3.05. The van der Waals surface area contributed by atoms with Gasteiger partial charge in [0, 0.05) is 6.04 Å². The second kappa shape index (κ2) is 2.31. The summed E-state index contributed by atoms with van der Waals surface area (Å²) in [6.07, 6.45) is 1.52. The Balaban J connectivity index is 2.49. The van der Waals surface area contributed by atoms with Crippen LogP contribution >= 0.6 is 0 Å². The molecule has 1 aromatic rings. The number of rotatable bonds is 0.